The second kappa shape index (κ2) is 10.6. The molecule has 0 aliphatic carbocycles. The molecule has 4 rings (SSSR count). The number of hydrogen-bond donors (Lipinski definition) is 1. The van der Waals surface area contributed by atoms with Gasteiger partial charge < -0.3 is 10.2 Å². The van der Waals surface area contributed by atoms with Crippen molar-refractivity contribution < 1.29 is 4.79 Å². The second-order valence-electron chi connectivity index (χ2n) is 9.06. The normalized spacial score (nSPS) is 15.5. The quantitative estimate of drug-likeness (QED) is 0.470. The summed E-state index contributed by atoms with van der Waals surface area (Å²) >= 11 is 12.1. The van der Waals surface area contributed by atoms with Crippen LogP contribution in [0.3, 0.4) is 0 Å². The van der Waals surface area contributed by atoms with Gasteiger partial charge in [-0.15, -0.1) is 0 Å². The molecule has 1 saturated heterocycles. The van der Waals surface area contributed by atoms with Crippen molar-refractivity contribution in [3.05, 3.63) is 93.5 Å². The van der Waals surface area contributed by atoms with E-state index < -0.39 is 0 Å². The predicted octanol–water partition coefficient (Wildman–Crippen LogP) is 5.85. The Balaban J connectivity index is 1.51. The van der Waals surface area contributed by atoms with Gasteiger partial charge in [-0.3, -0.25) is 4.79 Å². The number of likely N-dealkylation sites (tertiary alicyclic amines) is 1. The van der Waals surface area contributed by atoms with Gasteiger partial charge in [-0.2, -0.15) is 5.26 Å². The Hall–Kier alpha value is -2.84. The van der Waals surface area contributed by atoms with E-state index in [9.17, 15) is 10.1 Å². The van der Waals surface area contributed by atoms with Crippen molar-refractivity contribution >= 4 is 29.1 Å². The van der Waals surface area contributed by atoms with Gasteiger partial charge in [0, 0.05) is 12.0 Å². The molecule has 1 aliphatic rings. The van der Waals surface area contributed by atoms with Gasteiger partial charge in [-0.1, -0.05) is 65.7 Å². The van der Waals surface area contributed by atoms with Crippen LogP contribution in [-0.4, -0.2) is 37.5 Å². The molecule has 3 aromatic carbocycles. The zero-order valence-electron chi connectivity index (χ0n) is 19.2. The van der Waals surface area contributed by atoms with E-state index >= 15 is 0 Å². The Kier molecular flexibility index (Phi) is 7.58. The van der Waals surface area contributed by atoms with E-state index in [1.54, 1.807) is 12.1 Å². The first-order chi connectivity index (χ1) is 16.4. The zero-order valence-corrected chi connectivity index (χ0v) is 20.7. The molecule has 34 heavy (non-hydrogen) atoms. The van der Waals surface area contributed by atoms with Gasteiger partial charge in [0.2, 0.25) is 5.91 Å². The fourth-order valence-electron chi connectivity index (χ4n) is 4.56. The predicted molar refractivity (Wildman–Crippen MR) is 138 cm³/mol. The Morgan fingerprint density at radius 3 is 2.41 bits per heavy atom. The molecule has 0 atom stereocenters. The summed E-state index contributed by atoms with van der Waals surface area (Å²) in [4.78, 5) is 15.1. The number of carbonyl (C=O) groups is 1. The van der Waals surface area contributed by atoms with Crippen LogP contribution in [0.4, 0.5) is 0 Å². The first-order valence-electron chi connectivity index (χ1n) is 11.4. The molecule has 0 aromatic heterocycles. The summed E-state index contributed by atoms with van der Waals surface area (Å²) in [5.74, 6) is -0.0263. The van der Waals surface area contributed by atoms with E-state index in [4.69, 9.17) is 23.2 Å². The number of halogens is 2. The molecule has 1 amide bonds. The second-order valence-corrected chi connectivity index (χ2v) is 9.87. The van der Waals surface area contributed by atoms with E-state index in [1.165, 1.54) is 5.56 Å². The topological polar surface area (TPSA) is 56.1 Å². The molecule has 0 spiro atoms. The summed E-state index contributed by atoms with van der Waals surface area (Å²) in [6.07, 6.45) is 2.21. The molecule has 0 radical (unpaired) electrons. The van der Waals surface area contributed by atoms with Gasteiger partial charge in [0.05, 0.1) is 28.1 Å². The van der Waals surface area contributed by atoms with Crippen molar-refractivity contribution in [1.29, 1.82) is 5.26 Å². The van der Waals surface area contributed by atoms with Crippen LogP contribution >= 0.6 is 23.2 Å². The highest BCUT2D eigenvalue weighted by Gasteiger charge is 2.35. The summed E-state index contributed by atoms with van der Waals surface area (Å²) in [5.41, 5.74) is 4.71. The Labute approximate surface area is 211 Å². The van der Waals surface area contributed by atoms with Crippen LogP contribution in [0.2, 0.25) is 10.0 Å². The third kappa shape index (κ3) is 5.62. The fraction of sp³-hybridized carbons (Fsp3) is 0.286. The monoisotopic (exact) mass is 491 g/mol. The molecule has 0 bridgehead atoms. The number of amides is 1. The smallest absolute Gasteiger partial charge is 0.224 e. The lowest BCUT2D eigenvalue weighted by Crippen LogP contribution is -2.48. The summed E-state index contributed by atoms with van der Waals surface area (Å²) in [6.45, 7) is 2.55. The number of nitriles is 1. The standard InChI is InChI=1S/C28H27Cl2N3O/c1-33-13-11-28(12-14-33,19-32-27(34)17-20-5-10-25(29)26(30)16-20)24-8-6-22(7-9-24)23-4-2-3-21(15-23)18-31/h2-10,15-16H,11-14,17,19H2,1H3,(H,32,34). The molecule has 1 heterocycles. The Bertz CT molecular complexity index is 1210. The minimum atomic E-state index is -0.118. The number of nitrogens with zero attached hydrogens (tertiary/aromatic N) is 2. The lowest BCUT2D eigenvalue weighted by Gasteiger charge is -2.41. The average molecular weight is 492 g/mol. The van der Waals surface area contributed by atoms with Crippen LogP contribution in [0.25, 0.3) is 11.1 Å². The Morgan fingerprint density at radius 2 is 1.74 bits per heavy atom. The van der Waals surface area contributed by atoms with Crippen LogP contribution in [0.1, 0.15) is 29.5 Å². The van der Waals surface area contributed by atoms with Crippen molar-refractivity contribution in [1.82, 2.24) is 10.2 Å². The van der Waals surface area contributed by atoms with E-state index in [2.05, 4.69) is 47.6 Å². The first-order valence-corrected chi connectivity index (χ1v) is 12.1. The minimum Gasteiger partial charge on any atom is -0.355 e. The maximum atomic E-state index is 12.8. The van der Waals surface area contributed by atoms with Crippen LogP contribution in [0.5, 0.6) is 0 Å². The minimum absolute atomic E-state index is 0.0263. The first kappa shape index (κ1) is 24.3. The van der Waals surface area contributed by atoms with Crippen molar-refractivity contribution in [2.45, 2.75) is 24.7 Å². The van der Waals surface area contributed by atoms with Crippen molar-refractivity contribution in [3.8, 4) is 17.2 Å². The number of benzene rings is 3. The van der Waals surface area contributed by atoms with Gasteiger partial charge in [0.15, 0.2) is 0 Å². The Morgan fingerprint density at radius 1 is 1.00 bits per heavy atom. The molecular weight excluding hydrogens is 465 g/mol. The molecule has 1 N–H and O–H groups in total. The summed E-state index contributed by atoms with van der Waals surface area (Å²) in [5, 5.41) is 13.3. The average Bonchev–Trinajstić information content (AvgIpc) is 2.86. The van der Waals surface area contributed by atoms with Gasteiger partial charge in [-0.05, 0) is 79.5 Å². The third-order valence-electron chi connectivity index (χ3n) is 6.74. The fourth-order valence-corrected chi connectivity index (χ4v) is 4.88. The van der Waals surface area contributed by atoms with E-state index in [0.717, 1.165) is 42.6 Å². The molecule has 0 unspecified atom stereocenters. The van der Waals surface area contributed by atoms with Gasteiger partial charge in [-0.25, -0.2) is 0 Å². The molecule has 1 aliphatic heterocycles. The number of carbonyl (C=O) groups excluding carboxylic acids is 1. The van der Waals surface area contributed by atoms with Crippen molar-refractivity contribution in [3.63, 3.8) is 0 Å². The number of hydrogen-bond acceptors (Lipinski definition) is 3. The number of rotatable bonds is 6. The van der Waals surface area contributed by atoms with Gasteiger partial charge >= 0.3 is 0 Å². The molecule has 3 aromatic rings. The SMILES string of the molecule is CN1CCC(CNC(=O)Cc2ccc(Cl)c(Cl)c2)(c2ccc(-c3cccc(C#N)c3)cc2)CC1. The zero-order chi connectivity index (χ0) is 24.1. The summed E-state index contributed by atoms with van der Waals surface area (Å²) < 4.78 is 0. The molecular formula is C28H27Cl2N3O. The highest BCUT2D eigenvalue weighted by atomic mass is 35.5. The van der Waals surface area contributed by atoms with Gasteiger partial charge in [0.1, 0.15) is 0 Å². The van der Waals surface area contributed by atoms with Gasteiger partial charge in [0.25, 0.3) is 0 Å². The third-order valence-corrected chi connectivity index (χ3v) is 7.48. The lowest BCUT2D eigenvalue weighted by molar-refractivity contribution is -0.120. The summed E-state index contributed by atoms with van der Waals surface area (Å²) in [7, 11) is 2.14. The van der Waals surface area contributed by atoms with Crippen molar-refractivity contribution in [2.24, 2.45) is 0 Å². The van der Waals surface area contributed by atoms with Crippen LogP contribution in [-0.2, 0) is 16.6 Å². The largest absolute Gasteiger partial charge is 0.355 e. The van der Waals surface area contributed by atoms with E-state index in [0.29, 0.717) is 22.2 Å². The number of nitrogens with one attached hydrogen (secondary N) is 1. The highest BCUT2D eigenvalue weighted by Crippen LogP contribution is 2.36. The number of piperidine rings is 1. The van der Waals surface area contributed by atoms with E-state index in [-0.39, 0.29) is 17.7 Å². The highest BCUT2D eigenvalue weighted by molar-refractivity contribution is 6.42. The maximum absolute atomic E-state index is 12.8. The van der Waals surface area contributed by atoms with E-state index in [1.807, 2.05) is 30.3 Å². The van der Waals surface area contributed by atoms with Crippen LogP contribution in [0, 0.1) is 11.3 Å². The lowest BCUT2D eigenvalue weighted by atomic mass is 9.72. The molecule has 0 saturated carbocycles. The molecule has 4 nitrogen and oxygen atoms in total. The van der Waals surface area contributed by atoms with Crippen LogP contribution in [0.15, 0.2) is 66.7 Å². The summed E-state index contributed by atoms with van der Waals surface area (Å²) in [6, 6.07) is 23.7. The van der Waals surface area contributed by atoms with Crippen LogP contribution < -0.4 is 5.32 Å². The van der Waals surface area contributed by atoms with Crippen molar-refractivity contribution in [2.75, 3.05) is 26.7 Å². The maximum Gasteiger partial charge on any atom is 0.224 e. The molecule has 1 fully saturated rings. The molecule has 174 valence electrons. The molecule has 6 heteroatoms.